The molecule has 1 aromatic rings. The van der Waals surface area contributed by atoms with Crippen LogP contribution >= 0.6 is 0 Å². The van der Waals surface area contributed by atoms with E-state index in [1.54, 1.807) is 6.92 Å². The third-order valence-corrected chi connectivity index (χ3v) is 1.98. The Morgan fingerprint density at radius 3 is 2.67 bits per heavy atom. The number of hydrogen-bond acceptors (Lipinski definition) is 5. The van der Waals surface area contributed by atoms with Gasteiger partial charge >= 0.3 is 5.97 Å². The standard InChI is InChI=1S/C9H15N3O3/c1-5(2)8(9(13)14)10-4-7-11-6(3)12-15-7/h5,8,10H,4H2,1-3H3,(H,13,14). The molecule has 15 heavy (non-hydrogen) atoms. The summed E-state index contributed by atoms with van der Waals surface area (Å²) in [5.41, 5.74) is 0. The Morgan fingerprint density at radius 2 is 2.27 bits per heavy atom. The van der Waals surface area contributed by atoms with Crippen LogP contribution in [0.3, 0.4) is 0 Å². The zero-order valence-electron chi connectivity index (χ0n) is 9.02. The molecule has 6 nitrogen and oxygen atoms in total. The van der Waals surface area contributed by atoms with Gasteiger partial charge in [0, 0.05) is 0 Å². The number of nitrogens with zero attached hydrogens (tertiary/aromatic N) is 2. The van der Waals surface area contributed by atoms with E-state index in [-0.39, 0.29) is 12.5 Å². The van der Waals surface area contributed by atoms with Gasteiger partial charge in [-0.3, -0.25) is 10.1 Å². The lowest BCUT2D eigenvalue weighted by Gasteiger charge is -2.16. The zero-order valence-corrected chi connectivity index (χ0v) is 9.02. The van der Waals surface area contributed by atoms with Crippen molar-refractivity contribution in [3.63, 3.8) is 0 Å². The average Bonchev–Trinajstić information content (AvgIpc) is 2.50. The van der Waals surface area contributed by atoms with Gasteiger partial charge in [-0.05, 0) is 12.8 Å². The minimum absolute atomic E-state index is 0.00604. The van der Waals surface area contributed by atoms with E-state index in [0.717, 1.165) is 0 Å². The van der Waals surface area contributed by atoms with Crippen molar-refractivity contribution >= 4 is 5.97 Å². The molecule has 0 bridgehead atoms. The highest BCUT2D eigenvalue weighted by Crippen LogP contribution is 2.03. The number of carboxylic acid groups (broad SMARTS) is 1. The van der Waals surface area contributed by atoms with Gasteiger partial charge in [-0.25, -0.2) is 0 Å². The fourth-order valence-electron chi connectivity index (χ4n) is 1.22. The summed E-state index contributed by atoms with van der Waals surface area (Å²) < 4.78 is 4.86. The number of aromatic nitrogens is 2. The molecular weight excluding hydrogens is 198 g/mol. The SMILES string of the molecule is Cc1noc(CNC(C(=O)O)C(C)C)n1. The lowest BCUT2D eigenvalue weighted by Crippen LogP contribution is -2.40. The maximum atomic E-state index is 10.8. The second kappa shape index (κ2) is 4.88. The summed E-state index contributed by atoms with van der Waals surface area (Å²) in [6.07, 6.45) is 0. The van der Waals surface area contributed by atoms with Gasteiger partial charge in [0.05, 0.1) is 6.54 Å². The van der Waals surface area contributed by atoms with Crippen molar-refractivity contribution in [1.29, 1.82) is 0 Å². The molecule has 0 spiro atoms. The highest BCUT2D eigenvalue weighted by atomic mass is 16.5. The van der Waals surface area contributed by atoms with Crippen molar-refractivity contribution in [3.8, 4) is 0 Å². The van der Waals surface area contributed by atoms with Crippen LogP contribution in [0.25, 0.3) is 0 Å². The fraction of sp³-hybridized carbons (Fsp3) is 0.667. The molecule has 0 amide bonds. The normalized spacial score (nSPS) is 13.1. The number of hydrogen-bond donors (Lipinski definition) is 2. The predicted molar refractivity (Wildman–Crippen MR) is 52.1 cm³/mol. The second-order valence-electron chi connectivity index (χ2n) is 3.68. The Kier molecular flexibility index (Phi) is 3.79. The molecule has 84 valence electrons. The number of aryl methyl sites for hydroxylation is 1. The lowest BCUT2D eigenvalue weighted by atomic mass is 10.1. The van der Waals surface area contributed by atoms with Gasteiger partial charge in [0.15, 0.2) is 5.82 Å². The molecule has 1 unspecified atom stereocenters. The summed E-state index contributed by atoms with van der Waals surface area (Å²) in [5.74, 6) is 0.0791. The molecular formula is C9H15N3O3. The maximum absolute atomic E-state index is 10.8. The topological polar surface area (TPSA) is 88.2 Å². The van der Waals surface area contributed by atoms with E-state index in [1.165, 1.54) is 0 Å². The molecule has 2 N–H and O–H groups in total. The highest BCUT2D eigenvalue weighted by molar-refractivity contribution is 5.73. The first-order valence-electron chi connectivity index (χ1n) is 4.76. The predicted octanol–water partition coefficient (Wildman–Crippen LogP) is 0.577. The van der Waals surface area contributed by atoms with Crippen LogP contribution in [0, 0.1) is 12.8 Å². The van der Waals surface area contributed by atoms with Crippen LogP contribution in [-0.2, 0) is 11.3 Å². The molecule has 6 heteroatoms. The largest absolute Gasteiger partial charge is 0.480 e. The molecule has 0 aliphatic heterocycles. The van der Waals surface area contributed by atoms with Crippen molar-refractivity contribution in [2.75, 3.05) is 0 Å². The van der Waals surface area contributed by atoms with Crippen LogP contribution in [0.1, 0.15) is 25.6 Å². The minimum Gasteiger partial charge on any atom is -0.480 e. The monoisotopic (exact) mass is 213 g/mol. The van der Waals surface area contributed by atoms with E-state index < -0.39 is 12.0 Å². The quantitative estimate of drug-likeness (QED) is 0.743. The van der Waals surface area contributed by atoms with Crippen molar-refractivity contribution in [2.45, 2.75) is 33.4 Å². The highest BCUT2D eigenvalue weighted by Gasteiger charge is 2.21. The Balaban J connectivity index is 2.50. The summed E-state index contributed by atoms with van der Waals surface area (Å²) in [7, 11) is 0. The lowest BCUT2D eigenvalue weighted by molar-refractivity contribution is -0.140. The van der Waals surface area contributed by atoms with Crippen LogP contribution in [-0.4, -0.2) is 27.3 Å². The van der Waals surface area contributed by atoms with E-state index in [0.29, 0.717) is 11.7 Å². The van der Waals surface area contributed by atoms with Gasteiger partial charge in [-0.2, -0.15) is 4.98 Å². The van der Waals surface area contributed by atoms with Crippen LogP contribution < -0.4 is 5.32 Å². The number of rotatable bonds is 5. The Labute approximate surface area is 87.7 Å². The molecule has 0 saturated heterocycles. The molecule has 0 aliphatic carbocycles. The van der Waals surface area contributed by atoms with E-state index in [1.807, 2.05) is 13.8 Å². The molecule has 0 aliphatic rings. The van der Waals surface area contributed by atoms with Crippen LogP contribution in [0.5, 0.6) is 0 Å². The fourth-order valence-corrected chi connectivity index (χ4v) is 1.22. The van der Waals surface area contributed by atoms with Gasteiger partial charge in [0.1, 0.15) is 6.04 Å². The third-order valence-electron chi connectivity index (χ3n) is 1.98. The molecule has 1 heterocycles. The van der Waals surface area contributed by atoms with E-state index in [4.69, 9.17) is 9.63 Å². The number of aliphatic carboxylic acids is 1. The van der Waals surface area contributed by atoms with Crippen molar-refractivity contribution in [3.05, 3.63) is 11.7 Å². The van der Waals surface area contributed by atoms with Gasteiger partial charge < -0.3 is 9.63 Å². The van der Waals surface area contributed by atoms with Crippen molar-refractivity contribution in [2.24, 2.45) is 5.92 Å². The molecule has 0 aromatic carbocycles. The Hall–Kier alpha value is -1.43. The molecule has 1 atom stereocenters. The Bertz CT molecular complexity index is 335. The zero-order chi connectivity index (χ0) is 11.4. The van der Waals surface area contributed by atoms with Gasteiger partial charge in [0.2, 0.25) is 5.89 Å². The molecule has 1 aromatic heterocycles. The summed E-state index contributed by atoms with van der Waals surface area (Å²) in [4.78, 5) is 14.8. The first-order chi connectivity index (χ1) is 7.00. The minimum atomic E-state index is -0.874. The average molecular weight is 213 g/mol. The van der Waals surface area contributed by atoms with Crippen LogP contribution in [0.15, 0.2) is 4.52 Å². The molecule has 1 rings (SSSR count). The molecule has 0 fully saturated rings. The maximum Gasteiger partial charge on any atom is 0.320 e. The van der Waals surface area contributed by atoms with E-state index in [2.05, 4.69) is 15.5 Å². The summed E-state index contributed by atoms with van der Waals surface area (Å²) >= 11 is 0. The summed E-state index contributed by atoms with van der Waals surface area (Å²) in [5, 5.41) is 15.4. The summed E-state index contributed by atoms with van der Waals surface area (Å²) in [6.45, 7) is 5.66. The Morgan fingerprint density at radius 1 is 1.60 bits per heavy atom. The van der Waals surface area contributed by atoms with Gasteiger partial charge in [-0.15, -0.1) is 0 Å². The smallest absolute Gasteiger partial charge is 0.320 e. The molecule has 0 radical (unpaired) electrons. The first-order valence-corrected chi connectivity index (χ1v) is 4.76. The summed E-state index contributed by atoms with van der Waals surface area (Å²) in [6, 6.07) is -0.600. The van der Waals surface area contributed by atoms with Gasteiger partial charge in [0.25, 0.3) is 0 Å². The first kappa shape index (κ1) is 11.6. The third kappa shape index (κ3) is 3.32. The van der Waals surface area contributed by atoms with E-state index in [9.17, 15) is 4.79 Å². The van der Waals surface area contributed by atoms with Crippen molar-refractivity contribution < 1.29 is 14.4 Å². The van der Waals surface area contributed by atoms with Gasteiger partial charge in [-0.1, -0.05) is 19.0 Å². The number of carbonyl (C=O) groups is 1. The van der Waals surface area contributed by atoms with Crippen LogP contribution in [0.2, 0.25) is 0 Å². The van der Waals surface area contributed by atoms with E-state index >= 15 is 0 Å². The number of nitrogens with one attached hydrogen (secondary N) is 1. The van der Waals surface area contributed by atoms with Crippen molar-refractivity contribution in [1.82, 2.24) is 15.5 Å². The number of carboxylic acids is 1. The second-order valence-corrected chi connectivity index (χ2v) is 3.68. The van der Waals surface area contributed by atoms with Crippen LogP contribution in [0.4, 0.5) is 0 Å². The molecule has 0 saturated carbocycles.